The van der Waals surface area contributed by atoms with E-state index in [1.54, 1.807) is 4.90 Å². The number of fused-ring (bicyclic) bond motifs is 1. The monoisotopic (exact) mass is 302 g/mol. The van der Waals surface area contributed by atoms with Gasteiger partial charge in [0.15, 0.2) is 0 Å². The largest absolute Gasteiger partial charge is 0.375 e. The van der Waals surface area contributed by atoms with Gasteiger partial charge in [0.2, 0.25) is 11.8 Å². The minimum absolute atomic E-state index is 0.0693. The zero-order chi connectivity index (χ0) is 15.0. The molecular weight excluding hydrogens is 278 g/mol. The van der Waals surface area contributed by atoms with Gasteiger partial charge in [-0.15, -0.1) is 0 Å². The molecule has 0 radical (unpaired) electrons. The number of likely N-dealkylation sites (N-methyl/N-ethyl adjacent to an activating group) is 1. The van der Waals surface area contributed by atoms with Crippen LogP contribution >= 0.6 is 0 Å². The number of hydrogen-bond donors (Lipinski definition) is 0. The van der Waals surface area contributed by atoms with Crippen LogP contribution in [0.1, 0.15) is 26.2 Å². The molecule has 0 aromatic carbocycles. The number of halogens is 2. The molecule has 6 heteroatoms. The van der Waals surface area contributed by atoms with Gasteiger partial charge in [0.25, 0.3) is 0 Å². The van der Waals surface area contributed by atoms with Crippen LogP contribution in [-0.2, 0) is 9.53 Å². The highest BCUT2D eigenvalue weighted by atomic mass is 19.3. The average Bonchev–Trinajstić information content (AvgIpc) is 2.64. The van der Waals surface area contributed by atoms with Crippen molar-refractivity contribution in [1.82, 2.24) is 9.80 Å². The fourth-order valence-electron chi connectivity index (χ4n) is 3.70. The van der Waals surface area contributed by atoms with Gasteiger partial charge in [0, 0.05) is 50.9 Å². The Morgan fingerprint density at radius 3 is 2.71 bits per heavy atom. The fourth-order valence-corrected chi connectivity index (χ4v) is 3.70. The molecule has 21 heavy (non-hydrogen) atoms. The third-order valence-electron chi connectivity index (χ3n) is 5.13. The Morgan fingerprint density at radius 1 is 1.29 bits per heavy atom. The molecule has 2 atom stereocenters. The van der Waals surface area contributed by atoms with Crippen molar-refractivity contribution in [2.45, 2.75) is 38.2 Å². The zero-order valence-electron chi connectivity index (χ0n) is 12.6. The molecule has 3 rings (SSSR count). The molecule has 3 aliphatic rings. The number of carbonyl (C=O) groups excluding carboxylic acids is 1. The lowest BCUT2D eigenvalue weighted by Gasteiger charge is -2.42. The van der Waals surface area contributed by atoms with E-state index in [4.69, 9.17) is 4.74 Å². The highest BCUT2D eigenvalue weighted by Gasteiger charge is 2.50. The summed E-state index contributed by atoms with van der Waals surface area (Å²) < 4.78 is 31.7. The van der Waals surface area contributed by atoms with Crippen molar-refractivity contribution < 1.29 is 18.3 Å². The molecule has 0 bridgehead atoms. The Balaban J connectivity index is 1.56. The molecule has 1 aliphatic carbocycles. The normalized spacial score (nSPS) is 34.0. The van der Waals surface area contributed by atoms with Crippen LogP contribution in [0, 0.1) is 11.8 Å². The van der Waals surface area contributed by atoms with Gasteiger partial charge in [-0.1, -0.05) is 6.92 Å². The smallest absolute Gasteiger partial charge is 0.249 e. The van der Waals surface area contributed by atoms with Gasteiger partial charge in [-0.3, -0.25) is 4.79 Å². The van der Waals surface area contributed by atoms with E-state index in [1.165, 1.54) is 0 Å². The van der Waals surface area contributed by atoms with E-state index < -0.39 is 11.8 Å². The predicted octanol–water partition coefficient (Wildman–Crippen LogP) is 1.60. The Labute approximate surface area is 124 Å². The molecule has 0 spiro atoms. The lowest BCUT2D eigenvalue weighted by atomic mass is 9.79. The van der Waals surface area contributed by atoms with Crippen molar-refractivity contribution in [3.63, 3.8) is 0 Å². The highest BCUT2D eigenvalue weighted by Crippen LogP contribution is 2.43. The molecule has 2 saturated heterocycles. The van der Waals surface area contributed by atoms with Crippen molar-refractivity contribution in [2.24, 2.45) is 11.8 Å². The average molecular weight is 302 g/mol. The standard InChI is InChI=1S/C15H24F2N2O2/c1-2-18-5-6-21-13-10-19(4-3-11(13)9-18)14(20)12-7-15(16,17)8-12/h11-13H,2-10H2,1H3. The van der Waals surface area contributed by atoms with Crippen LogP contribution in [-0.4, -0.2) is 67.1 Å². The van der Waals surface area contributed by atoms with Crippen LogP contribution in [0.4, 0.5) is 8.78 Å². The Kier molecular flexibility index (Phi) is 4.19. The molecule has 4 nitrogen and oxygen atoms in total. The van der Waals surface area contributed by atoms with Crippen LogP contribution in [0.5, 0.6) is 0 Å². The first kappa shape index (κ1) is 15.2. The number of rotatable bonds is 2. The van der Waals surface area contributed by atoms with Crippen LogP contribution in [0.2, 0.25) is 0 Å². The predicted molar refractivity (Wildman–Crippen MR) is 74.2 cm³/mol. The minimum Gasteiger partial charge on any atom is -0.375 e. The first-order valence-electron chi connectivity index (χ1n) is 7.99. The summed E-state index contributed by atoms with van der Waals surface area (Å²) in [4.78, 5) is 16.4. The van der Waals surface area contributed by atoms with Gasteiger partial charge in [-0.2, -0.15) is 0 Å². The minimum atomic E-state index is -2.63. The van der Waals surface area contributed by atoms with Gasteiger partial charge in [-0.25, -0.2) is 8.78 Å². The second kappa shape index (κ2) is 5.80. The first-order valence-corrected chi connectivity index (χ1v) is 7.99. The Hall–Kier alpha value is -0.750. The summed E-state index contributed by atoms with van der Waals surface area (Å²) in [6, 6.07) is 0. The number of carbonyl (C=O) groups is 1. The van der Waals surface area contributed by atoms with Crippen molar-refractivity contribution in [3.05, 3.63) is 0 Å². The summed E-state index contributed by atoms with van der Waals surface area (Å²) in [6.07, 6.45) is 0.428. The van der Waals surface area contributed by atoms with Crippen molar-refractivity contribution in [2.75, 3.05) is 39.3 Å². The second-order valence-corrected chi connectivity index (χ2v) is 6.60. The van der Waals surface area contributed by atoms with E-state index in [1.807, 2.05) is 0 Å². The first-order chi connectivity index (χ1) is 9.98. The van der Waals surface area contributed by atoms with E-state index in [9.17, 15) is 13.6 Å². The number of piperidine rings is 1. The molecular formula is C15H24F2N2O2. The summed E-state index contributed by atoms with van der Waals surface area (Å²) in [5.41, 5.74) is 0. The molecule has 0 aromatic heterocycles. The van der Waals surface area contributed by atoms with E-state index in [2.05, 4.69) is 11.8 Å². The van der Waals surface area contributed by atoms with Crippen molar-refractivity contribution in [1.29, 1.82) is 0 Å². The number of alkyl halides is 2. The zero-order valence-corrected chi connectivity index (χ0v) is 12.6. The molecule has 2 aliphatic heterocycles. The molecule has 2 heterocycles. The van der Waals surface area contributed by atoms with Crippen LogP contribution in [0.15, 0.2) is 0 Å². The van der Waals surface area contributed by atoms with E-state index >= 15 is 0 Å². The third kappa shape index (κ3) is 3.21. The maximum absolute atomic E-state index is 12.9. The van der Waals surface area contributed by atoms with Crippen LogP contribution in [0.25, 0.3) is 0 Å². The van der Waals surface area contributed by atoms with Crippen molar-refractivity contribution >= 4 is 5.91 Å². The quantitative estimate of drug-likeness (QED) is 0.777. The third-order valence-corrected chi connectivity index (χ3v) is 5.13. The van der Waals surface area contributed by atoms with Crippen molar-refractivity contribution in [3.8, 4) is 0 Å². The van der Waals surface area contributed by atoms with Gasteiger partial charge < -0.3 is 14.5 Å². The maximum atomic E-state index is 12.9. The Morgan fingerprint density at radius 2 is 2.05 bits per heavy atom. The molecule has 1 saturated carbocycles. The second-order valence-electron chi connectivity index (χ2n) is 6.60. The number of amides is 1. The van der Waals surface area contributed by atoms with Gasteiger partial charge in [-0.05, 0) is 13.0 Å². The van der Waals surface area contributed by atoms with Crippen LogP contribution in [0.3, 0.4) is 0 Å². The summed E-state index contributed by atoms with van der Waals surface area (Å²) in [5, 5.41) is 0. The summed E-state index contributed by atoms with van der Waals surface area (Å²) in [5.74, 6) is -2.74. The van der Waals surface area contributed by atoms with Gasteiger partial charge >= 0.3 is 0 Å². The lowest BCUT2D eigenvalue weighted by Crippen LogP contribution is -2.53. The number of ether oxygens (including phenoxy) is 1. The summed E-state index contributed by atoms with van der Waals surface area (Å²) in [6.45, 7) is 7.07. The lowest BCUT2D eigenvalue weighted by molar-refractivity contribution is -0.164. The van der Waals surface area contributed by atoms with E-state index in [0.717, 1.165) is 26.1 Å². The summed E-state index contributed by atoms with van der Waals surface area (Å²) in [7, 11) is 0. The topological polar surface area (TPSA) is 32.8 Å². The number of likely N-dealkylation sites (tertiary alicyclic amines) is 1. The van der Waals surface area contributed by atoms with E-state index in [-0.39, 0.29) is 24.9 Å². The number of nitrogens with zero attached hydrogens (tertiary/aromatic N) is 2. The van der Waals surface area contributed by atoms with E-state index in [0.29, 0.717) is 25.6 Å². The summed E-state index contributed by atoms with van der Waals surface area (Å²) >= 11 is 0. The molecule has 0 aromatic rings. The molecule has 3 fully saturated rings. The highest BCUT2D eigenvalue weighted by molar-refractivity contribution is 5.80. The van der Waals surface area contributed by atoms with Gasteiger partial charge in [0.05, 0.1) is 12.7 Å². The molecule has 1 amide bonds. The Bertz CT molecular complexity index is 397. The molecule has 120 valence electrons. The van der Waals surface area contributed by atoms with Crippen LogP contribution < -0.4 is 0 Å². The SMILES string of the molecule is CCN1CCOC2CN(C(=O)C3CC(F)(F)C3)CCC2C1. The number of hydrogen-bond acceptors (Lipinski definition) is 3. The molecule has 0 N–H and O–H groups in total. The molecule has 2 unspecified atom stereocenters. The fraction of sp³-hybridized carbons (Fsp3) is 0.933. The van der Waals surface area contributed by atoms with Gasteiger partial charge in [0.1, 0.15) is 0 Å². The maximum Gasteiger partial charge on any atom is 0.249 e.